The van der Waals surface area contributed by atoms with Gasteiger partial charge in [-0.25, -0.2) is 0 Å². The van der Waals surface area contributed by atoms with Crippen LogP contribution < -0.4 is 10.6 Å². The highest BCUT2D eigenvalue weighted by molar-refractivity contribution is 5.86. The molecule has 3 N–H and O–H groups in total. The first-order valence-electron chi connectivity index (χ1n) is 13.1. The molecule has 2 aromatic carbocycles. The van der Waals surface area contributed by atoms with E-state index in [-0.39, 0.29) is 37.4 Å². The fourth-order valence-electron chi connectivity index (χ4n) is 4.06. The first-order chi connectivity index (χ1) is 18.5. The molecule has 0 aliphatic carbocycles. The lowest BCUT2D eigenvalue weighted by atomic mass is 9.98. The van der Waals surface area contributed by atoms with Crippen LogP contribution in [0.3, 0.4) is 0 Å². The van der Waals surface area contributed by atoms with Crippen molar-refractivity contribution >= 4 is 17.8 Å². The summed E-state index contributed by atoms with van der Waals surface area (Å²) < 4.78 is 5.71. The van der Waals surface area contributed by atoms with Crippen LogP contribution in [0.4, 0.5) is 0 Å². The second-order valence-corrected chi connectivity index (χ2v) is 9.23. The number of hydrogen-bond donors (Lipinski definition) is 3. The van der Waals surface area contributed by atoms with Crippen molar-refractivity contribution in [2.24, 2.45) is 5.92 Å². The predicted octanol–water partition coefficient (Wildman–Crippen LogP) is 4.44. The van der Waals surface area contributed by atoms with Gasteiger partial charge in [-0.3, -0.25) is 14.4 Å². The Hall–Kier alpha value is -3.71. The van der Waals surface area contributed by atoms with Crippen molar-refractivity contribution in [3.63, 3.8) is 0 Å². The average molecular weight is 521 g/mol. The maximum absolute atomic E-state index is 13.0. The van der Waals surface area contributed by atoms with Crippen molar-refractivity contribution in [1.82, 2.24) is 10.6 Å². The number of aliphatic hydroxyl groups excluding tert-OH is 1. The molecule has 0 fully saturated rings. The zero-order chi connectivity index (χ0) is 27.6. The van der Waals surface area contributed by atoms with Crippen LogP contribution in [0.15, 0.2) is 86.0 Å². The van der Waals surface area contributed by atoms with E-state index < -0.39 is 18.1 Å². The topological polar surface area (TPSA) is 105 Å². The van der Waals surface area contributed by atoms with Crippen LogP contribution in [0, 0.1) is 5.92 Å². The number of ether oxygens (including phenoxy) is 1. The second kappa shape index (κ2) is 17.7. The first-order valence-corrected chi connectivity index (χ1v) is 13.1. The number of benzene rings is 2. The van der Waals surface area contributed by atoms with Crippen LogP contribution in [0.1, 0.15) is 55.8 Å². The van der Waals surface area contributed by atoms with Crippen molar-refractivity contribution in [3.8, 4) is 0 Å². The Labute approximate surface area is 226 Å². The Morgan fingerprint density at radius 1 is 0.947 bits per heavy atom. The number of unbranched alkanes of at least 4 members (excludes halogenated alkanes) is 2. The Morgan fingerprint density at radius 2 is 1.63 bits per heavy atom. The van der Waals surface area contributed by atoms with Crippen molar-refractivity contribution in [2.75, 3.05) is 13.2 Å². The van der Waals surface area contributed by atoms with Gasteiger partial charge in [0.2, 0.25) is 11.8 Å². The molecule has 2 aromatic rings. The van der Waals surface area contributed by atoms with Gasteiger partial charge in [-0.1, -0.05) is 72.8 Å². The SMILES string of the molecule is C=CCCCCC(=O)O[C@H](CNC(=O)[C@@H](CC=C)CC(=O)N[C@H](CO)Cc1ccccc1)c1ccccc1. The molecule has 0 bridgehead atoms. The summed E-state index contributed by atoms with van der Waals surface area (Å²) in [6, 6.07) is 18.4. The highest BCUT2D eigenvalue weighted by Crippen LogP contribution is 2.19. The van der Waals surface area contributed by atoms with Crippen LogP contribution in [-0.2, 0) is 25.5 Å². The molecule has 38 heavy (non-hydrogen) atoms. The third-order valence-electron chi connectivity index (χ3n) is 6.11. The van der Waals surface area contributed by atoms with Gasteiger partial charge in [0.25, 0.3) is 0 Å². The predicted molar refractivity (Wildman–Crippen MR) is 149 cm³/mol. The van der Waals surface area contributed by atoms with E-state index in [2.05, 4.69) is 23.8 Å². The zero-order valence-corrected chi connectivity index (χ0v) is 22.0. The van der Waals surface area contributed by atoms with E-state index >= 15 is 0 Å². The average Bonchev–Trinajstić information content (AvgIpc) is 2.93. The molecule has 204 valence electrons. The molecule has 2 rings (SSSR count). The zero-order valence-electron chi connectivity index (χ0n) is 22.0. The maximum atomic E-state index is 13.0. The number of carbonyl (C=O) groups excluding carboxylic acids is 3. The van der Waals surface area contributed by atoms with E-state index in [0.717, 1.165) is 24.0 Å². The van der Waals surface area contributed by atoms with Gasteiger partial charge in [-0.05, 0) is 43.2 Å². The van der Waals surface area contributed by atoms with E-state index in [9.17, 15) is 19.5 Å². The van der Waals surface area contributed by atoms with Crippen LogP contribution in [0.25, 0.3) is 0 Å². The Bertz CT molecular complexity index is 1010. The summed E-state index contributed by atoms with van der Waals surface area (Å²) in [6.45, 7) is 7.28. The molecule has 0 aromatic heterocycles. The lowest BCUT2D eigenvalue weighted by Gasteiger charge is -2.22. The number of carbonyl (C=O) groups is 3. The summed E-state index contributed by atoms with van der Waals surface area (Å²) in [4.78, 5) is 38.2. The number of amides is 2. The molecular weight excluding hydrogens is 480 g/mol. The highest BCUT2D eigenvalue weighted by atomic mass is 16.5. The Kier molecular flexibility index (Phi) is 14.2. The highest BCUT2D eigenvalue weighted by Gasteiger charge is 2.24. The minimum absolute atomic E-state index is 0.0533. The van der Waals surface area contributed by atoms with Crippen LogP contribution in [0.5, 0.6) is 0 Å². The van der Waals surface area contributed by atoms with Crippen LogP contribution >= 0.6 is 0 Å². The largest absolute Gasteiger partial charge is 0.456 e. The fraction of sp³-hybridized carbons (Fsp3) is 0.387. The van der Waals surface area contributed by atoms with Crippen LogP contribution in [-0.4, -0.2) is 42.1 Å². The molecule has 7 nitrogen and oxygen atoms in total. The molecule has 0 saturated carbocycles. The number of aliphatic hydroxyl groups is 1. The molecular formula is C31H40N2O5. The number of esters is 1. The van der Waals surface area contributed by atoms with Crippen molar-refractivity contribution in [2.45, 2.75) is 57.1 Å². The first kappa shape index (κ1) is 30.5. The quantitative estimate of drug-likeness (QED) is 0.153. The van der Waals surface area contributed by atoms with Crippen molar-refractivity contribution in [1.29, 1.82) is 0 Å². The lowest BCUT2D eigenvalue weighted by Crippen LogP contribution is -2.42. The van der Waals surface area contributed by atoms with Gasteiger partial charge in [0.1, 0.15) is 6.10 Å². The number of rotatable bonds is 18. The van der Waals surface area contributed by atoms with E-state index in [1.54, 1.807) is 6.08 Å². The summed E-state index contributed by atoms with van der Waals surface area (Å²) in [7, 11) is 0. The Morgan fingerprint density at radius 3 is 2.26 bits per heavy atom. The van der Waals surface area contributed by atoms with Gasteiger partial charge in [-0.15, -0.1) is 13.2 Å². The van der Waals surface area contributed by atoms with Crippen LogP contribution in [0.2, 0.25) is 0 Å². The minimum Gasteiger partial charge on any atom is -0.456 e. The molecule has 3 atom stereocenters. The molecule has 0 unspecified atom stereocenters. The monoisotopic (exact) mass is 520 g/mol. The fourth-order valence-corrected chi connectivity index (χ4v) is 4.06. The summed E-state index contributed by atoms with van der Waals surface area (Å²) in [5, 5.41) is 15.4. The van der Waals surface area contributed by atoms with E-state index in [1.165, 1.54) is 0 Å². The molecule has 0 saturated heterocycles. The molecule has 7 heteroatoms. The van der Waals surface area contributed by atoms with E-state index in [0.29, 0.717) is 25.7 Å². The third kappa shape index (κ3) is 11.6. The Balaban J connectivity index is 1.95. The minimum atomic E-state index is -0.644. The third-order valence-corrected chi connectivity index (χ3v) is 6.11. The normalized spacial score (nSPS) is 13.0. The number of allylic oxidation sites excluding steroid dienone is 2. The van der Waals surface area contributed by atoms with Gasteiger partial charge < -0.3 is 20.5 Å². The molecule has 0 aliphatic rings. The van der Waals surface area contributed by atoms with E-state index in [1.807, 2.05) is 66.7 Å². The molecule has 2 amide bonds. The van der Waals surface area contributed by atoms with Crippen molar-refractivity contribution < 1.29 is 24.2 Å². The smallest absolute Gasteiger partial charge is 0.306 e. The van der Waals surface area contributed by atoms with Gasteiger partial charge in [0.05, 0.1) is 25.1 Å². The summed E-state index contributed by atoms with van der Waals surface area (Å²) in [6.07, 6.45) is 6.21. The summed E-state index contributed by atoms with van der Waals surface area (Å²) >= 11 is 0. The summed E-state index contributed by atoms with van der Waals surface area (Å²) in [5.41, 5.74) is 1.77. The molecule has 0 heterocycles. The van der Waals surface area contributed by atoms with Crippen molar-refractivity contribution in [3.05, 3.63) is 97.1 Å². The number of nitrogens with one attached hydrogen (secondary N) is 2. The molecule has 0 aliphatic heterocycles. The van der Waals surface area contributed by atoms with E-state index in [4.69, 9.17) is 4.74 Å². The molecule has 0 radical (unpaired) electrons. The summed E-state index contributed by atoms with van der Waals surface area (Å²) in [5.74, 6) is -1.62. The van der Waals surface area contributed by atoms with Gasteiger partial charge in [-0.2, -0.15) is 0 Å². The maximum Gasteiger partial charge on any atom is 0.306 e. The standard InChI is InChI=1S/C31H40N2O5/c1-3-5-6-13-19-30(36)38-28(25-17-11-8-12-18-25)22-32-31(37)26(14-4-2)21-29(35)33-27(23-34)20-24-15-9-7-10-16-24/h3-4,7-12,15-18,26-28,34H,1-2,5-6,13-14,19-23H2,(H,32,37)(H,33,35)/t26-,27-,28+/m0/s1. The van der Waals surface area contributed by atoms with Gasteiger partial charge in [0.15, 0.2) is 0 Å². The lowest BCUT2D eigenvalue weighted by molar-refractivity contribution is -0.150. The number of hydrogen-bond acceptors (Lipinski definition) is 5. The molecule has 0 spiro atoms. The second-order valence-electron chi connectivity index (χ2n) is 9.23. The van der Waals surface area contributed by atoms with Gasteiger partial charge in [0, 0.05) is 12.8 Å². The van der Waals surface area contributed by atoms with Gasteiger partial charge >= 0.3 is 5.97 Å².